The molecule has 37 heavy (non-hydrogen) atoms. The molecule has 1 aliphatic rings. The number of allylic oxidation sites excluding steroid dienone is 4. The van der Waals surface area contributed by atoms with Gasteiger partial charge in [-0.1, -0.05) is 85.7 Å². The normalized spacial score (nSPS) is 27.2. The second kappa shape index (κ2) is 13.4. The Hall–Kier alpha value is -3.11. The van der Waals surface area contributed by atoms with Crippen molar-refractivity contribution in [1.29, 1.82) is 0 Å². The molecule has 0 unspecified atom stereocenters. The molecule has 0 fully saturated rings. The number of carbonyl (C=O) groups excluding carboxylic acids is 1. The third-order valence-electron chi connectivity index (χ3n) is 7.04. The van der Waals surface area contributed by atoms with E-state index >= 15 is 0 Å². The van der Waals surface area contributed by atoms with Crippen LogP contribution in [-0.2, 0) is 4.74 Å². The van der Waals surface area contributed by atoms with Crippen LogP contribution < -0.4 is 5.32 Å². The fraction of sp³-hybridized carbons (Fsp3) is 0.424. The van der Waals surface area contributed by atoms with Crippen LogP contribution in [-0.4, -0.2) is 22.9 Å². The monoisotopic (exact) mass is 501 g/mol. The molecule has 0 heterocycles. The number of ether oxygens (including phenoxy) is 1. The zero-order valence-electron chi connectivity index (χ0n) is 23.0. The Morgan fingerprint density at radius 2 is 1.68 bits per heavy atom. The summed E-state index contributed by atoms with van der Waals surface area (Å²) in [5.41, 5.74) is 4.32. The second-order valence-electron chi connectivity index (χ2n) is 11.0. The molecule has 0 spiro atoms. The Morgan fingerprint density at radius 3 is 2.35 bits per heavy atom. The SMILES string of the molecule is C/C1=C\[C@H](OC(=O)Nc2ccc(-c3ccccc3)cc2)C[C@](C)(O)/C=C/[C@H](C(C)C)CC/C(C)=C/CC1. The maximum absolute atomic E-state index is 12.8. The predicted molar refractivity (Wildman–Crippen MR) is 154 cm³/mol. The molecule has 0 saturated heterocycles. The lowest BCUT2D eigenvalue weighted by Crippen LogP contribution is -2.31. The predicted octanol–water partition coefficient (Wildman–Crippen LogP) is 8.71. The van der Waals surface area contributed by atoms with E-state index in [1.54, 1.807) is 6.92 Å². The van der Waals surface area contributed by atoms with Crippen molar-refractivity contribution in [1.82, 2.24) is 0 Å². The van der Waals surface area contributed by atoms with Gasteiger partial charge < -0.3 is 9.84 Å². The van der Waals surface area contributed by atoms with Gasteiger partial charge in [-0.15, -0.1) is 0 Å². The first kappa shape index (κ1) is 28.5. The van der Waals surface area contributed by atoms with Gasteiger partial charge >= 0.3 is 6.09 Å². The van der Waals surface area contributed by atoms with Gasteiger partial charge in [0.1, 0.15) is 6.10 Å². The van der Waals surface area contributed by atoms with Crippen LogP contribution >= 0.6 is 0 Å². The van der Waals surface area contributed by atoms with E-state index < -0.39 is 17.8 Å². The number of carbonyl (C=O) groups is 1. The lowest BCUT2D eigenvalue weighted by Gasteiger charge is -2.26. The highest BCUT2D eigenvalue weighted by Gasteiger charge is 2.25. The molecule has 0 aromatic heterocycles. The van der Waals surface area contributed by atoms with Gasteiger partial charge in [-0.3, -0.25) is 5.32 Å². The number of aliphatic hydroxyl groups is 1. The van der Waals surface area contributed by atoms with E-state index in [0.717, 1.165) is 42.4 Å². The summed E-state index contributed by atoms with van der Waals surface area (Å²) in [6.07, 6.45) is 11.5. The van der Waals surface area contributed by atoms with Crippen LogP contribution in [0.2, 0.25) is 0 Å². The van der Waals surface area contributed by atoms with Gasteiger partial charge in [-0.25, -0.2) is 4.79 Å². The van der Waals surface area contributed by atoms with Gasteiger partial charge in [0.2, 0.25) is 0 Å². The van der Waals surface area contributed by atoms with Gasteiger partial charge in [-0.05, 0) is 87.6 Å². The highest BCUT2D eigenvalue weighted by atomic mass is 16.6. The maximum Gasteiger partial charge on any atom is 0.412 e. The van der Waals surface area contributed by atoms with Crippen LogP contribution in [0.25, 0.3) is 11.1 Å². The largest absolute Gasteiger partial charge is 0.442 e. The maximum atomic E-state index is 12.8. The summed E-state index contributed by atoms with van der Waals surface area (Å²) in [4.78, 5) is 12.8. The van der Waals surface area contributed by atoms with Crippen LogP contribution in [0, 0.1) is 11.8 Å². The van der Waals surface area contributed by atoms with E-state index in [9.17, 15) is 9.90 Å². The lowest BCUT2D eigenvalue weighted by atomic mass is 9.86. The molecule has 4 nitrogen and oxygen atoms in total. The molecule has 2 N–H and O–H groups in total. The fourth-order valence-electron chi connectivity index (χ4n) is 4.70. The molecule has 4 heteroatoms. The number of anilines is 1. The molecule has 0 aliphatic heterocycles. The molecule has 3 rings (SSSR count). The van der Waals surface area contributed by atoms with Gasteiger partial charge in [0.05, 0.1) is 5.60 Å². The van der Waals surface area contributed by atoms with Crippen molar-refractivity contribution in [2.45, 2.75) is 78.4 Å². The molecule has 0 saturated carbocycles. The second-order valence-corrected chi connectivity index (χ2v) is 11.0. The Bertz CT molecular complexity index is 1090. The highest BCUT2D eigenvalue weighted by molar-refractivity contribution is 5.85. The first-order chi connectivity index (χ1) is 17.6. The summed E-state index contributed by atoms with van der Waals surface area (Å²) in [5, 5.41) is 14.0. The molecule has 2 aromatic rings. The lowest BCUT2D eigenvalue weighted by molar-refractivity contribution is 0.0471. The summed E-state index contributed by atoms with van der Waals surface area (Å²) in [5.74, 6) is 0.873. The summed E-state index contributed by atoms with van der Waals surface area (Å²) in [7, 11) is 0. The van der Waals surface area contributed by atoms with Crippen molar-refractivity contribution in [3.8, 4) is 11.1 Å². The molecular weight excluding hydrogens is 458 g/mol. The molecule has 2 aromatic carbocycles. The molecule has 0 bridgehead atoms. The van der Waals surface area contributed by atoms with Crippen LogP contribution in [0.3, 0.4) is 0 Å². The molecule has 0 radical (unpaired) electrons. The minimum atomic E-state index is -1.10. The highest BCUT2D eigenvalue weighted by Crippen LogP contribution is 2.27. The fourth-order valence-corrected chi connectivity index (χ4v) is 4.70. The standard InChI is InChI=1S/C33H43NO3/c1-24(2)27-15-14-25(3)10-9-11-26(4)22-31(23-33(5,36)21-20-27)37-32(35)34-30-18-16-29(17-19-30)28-12-7-6-8-13-28/h6-8,10,12-13,16-22,24,27,31,36H,9,11,14-15,23H2,1-5H3,(H,34,35)/b21-20+,25-10+,26-22+/t27-,31+,33-/m1/s1. The molecular formula is C33H43NO3. The summed E-state index contributed by atoms with van der Waals surface area (Å²) in [6, 6.07) is 17.8. The number of nitrogens with one attached hydrogen (secondary N) is 1. The zero-order valence-corrected chi connectivity index (χ0v) is 23.0. The molecule has 1 amide bonds. The minimum absolute atomic E-state index is 0.293. The van der Waals surface area contributed by atoms with E-state index in [1.165, 1.54) is 5.57 Å². The number of amides is 1. The Labute approximate surface area is 223 Å². The Morgan fingerprint density at radius 1 is 1.00 bits per heavy atom. The number of hydrogen-bond acceptors (Lipinski definition) is 3. The summed E-state index contributed by atoms with van der Waals surface area (Å²) < 4.78 is 5.84. The Kier molecular flexibility index (Phi) is 10.3. The molecule has 3 atom stereocenters. The minimum Gasteiger partial charge on any atom is -0.442 e. The number of hydrogen-bond donors (Lipinski definition) is 2. The van der Waals surface area contributed by atoms with E-state index in [1.807, 2.05) is 54.6 Å². The van der Waals surface area contributed by atoms with Gasteiger partial charge in [0.25, 0.3) is 0 Å². The third kappa shape index (κ3) is 9.70. The summed E-state index contributed by atoms with van der Waals surface area (Å²) in [6.45, 7) is 10.5. The van der Waals surface area contributed by atoms with Crippen molar-refractivity contribution in [2.24, 2.45) is 11.8 Å². The van der Waals surface area contributed by atoms with Crippen molar-refractivity contribution in [3.05, 3.63) is 90.0 Å². The summed E-state index contributed by atoms with van der Waals surface area (Å²) >= 11 is 0. The van der Waals surface area contributed by atoms with Gasteiger partial charge in [-0.2, -0.15) is 0 Å². The quantitative estimate of drug-likeness (QED) is 0.412. The van der Waals surface area contributed by atoms with Crippen molar-refractivity contribution in [2.75, 3.05) is 5.32 Å². The topological polar surface area (TPSA) is 58.6 Å². The van der Waals surface area contributed by atoms with Crippen LogP contribution in [0.4, 0.5) is 10.5 Å². The van der Waals surface area contributed by atoms with Gasteiger partial charge in [0, 0.05) is 12.1 Å². The van der Waals surface area contributed by atoms with Crippen LogP contribution in [0.5, 0.6) is 0 Å². The average molecular weight is 502 g/mol. The van der Waals surface area contributed by atoms with Gasteiger partial charge in [0.15, 0.2) is 0 Å². The third-order valence-corrected chi connectivity index (χ3v) is 7.04. The zero-order chi connectivity index (χ0) is 26.8. The van der Waals surface area contributed by atoms with E-state index in [4.69, 9.17) is 4.74 Å². The number of rotatable bonds is 4. The van der Waals surface area contributed by atoms with Crippen molar-refractivity contribution < 1.29 is 14.6 Å². The molecule has 198 valence electrons. The first-order valence-corrected chi connectivity index (χ1v) is 13.5. The van der Waals surface area contributed by atoms with Crippen LogP contribution in [0.15, 0.2) is 90.0 Å². The van der Waals surface area contributed by atoms with Crippen molar-refractivity contribution >= 4 is 11.8 Å². The van der Waals surface area contributed by atoms with Crippen LogP contribution in [0.1, 0.15) is 66.7 Å². The molecule has 1 aliphatic carbocycles. The average Bonchev–Trinajstić information content (AvgIpc) is 2.84. The van der Waals surface area contributed by atoms with E-state index in [-0.39, 0.29) is 0 Å². The Balaban J connectivity index is 1.73. The van der Waals surface area contributed by atoms with Crippen molar-refractivity contribution in [3.63, 3.8) is 0 Å². The number of benzene rings is 2. The first-order valence-electron chi connectivity index (χ1n) is 13.5. The van der Waals surface area contributed by atoms with E-state index in [2.05, 4.69) is 57.3 Å². The smallest absolute Gasteiger partial charge is 0.412 e. The van der Waals surface area contributed by atoms with E-state index in [0.29, 0.717) is 23.9 Å².